The molecule has 2 aromatic carbocycles. The molecule has 1 N–H and O–H groups in total. The maximum atomic E-state index is 13.4. The Morgan fingerprint density at radius 1 is 1.05 bits per heavy atom. The van der Waals surface area contributed by atoms with Gasteiger partial charge in [-0.1, -0.05) is 17.7 Å². The molecule has 1 nitrogen and oxygen atoms in total. The van der Waals surface area contributed by atoms with Crippen molar-refractivity contribution in [1.29, 1.82) is 0 Å². The van der Waals surface area contributed by atoms with E-state index in [0.717, 1.165) is 24.3 Å². The van der Waals surface area contributed by atoms with Crippen molar-refractivity contribution in [2.45, 2.75) is 12.7 Å². The highest BCUT2D eigenvalue weighted by atomic mass is 35.5. The van der Waals surface area contributed by atoms with E-state index in [1.807, 2.05) is 0 Å². The Morgan fingerprint density at radius 3 is 2.43 bits per heavy atom. The van der Waals surface area contributed by atoms with E-state index in [-0.39, 0.29) is 22.8 Å². The van der Waals surface area contributed by atoms with Crippen molar-refractivity contribution in [3.8, 4) is 0 Å². The smallest absolute Gasteiger partial charge is 0.379 e. The fourth-order valence-electron chi connectivity index (χ4n) is 1.80. The Hall–Kier alpha value is -1.82. The van der Waals surface area contributed by atoms with Gasteiger partial charge in [0, 0.05) is 12.1 Å². The highest BCUT2D eigenvalue weighted by molar-refractivity contribution is 6.33. The summed E-state index contributed by atoms with van der Waals surface area (Å²) in [4.78, 5) is 0. The summed E-state index contributed by atoms with van der Waals surface area (Å²) in [5.74, 6) is -1.40. The Balaban J connectivity index is 2.30. The van der Waals surface area contributed by atoms with Crippen LogP contribution >= 0.6 is 11.6 Å². The minimum Gasteiger partial charge on any atom is -0.379 e. The first-order valence-corrected chi connectivity index (χ1v) is 6.20. The van der Waals surface area contributed by atoms with Gasteiger partial charge in [0.1, 0.15) is 11.6 Å². The summed E-state index contributed by atoms with van der Waals surface area (Å²) < 4.78 is 65.1. The molecule has 2 aromatic rings. The molecule has 0 radical (unpaired) electrons. The van der Waals surface area contributed by atoms with Gasteiger partial charge < -0.3 is 5.32 Å². The highest BCUT2D eigenvalue weighted by Gasteiger charge is 2.34. The zero-order chi connectivity index (χ0) is 15.6. The average molecular weight is 322 g/mol. The lowest BCUT2D eigenvalue weighted by Crippen LogP contribution is -2.12. The van der Waals surface area contributed by atoms with Crippen molar-refractivity contribution < 1.29 is 22.0 Å². The van der Waals surface area contributed by atoms with Crippen LogP contribution in [0.5, 0.6) is 0 Å². The summed E-state index contributed by atoms with van der Waals surface area (Å²) in [6.45, 7) is -0.323. The zero-order valence-electron chi connectivity index (χ0n) is 10.4. The number of hydrogen-bond acceptors (Lipinski definition) is 1. The molecule has 0 saturated carbocycles. The quantitative estimate of drug-likeness (QED) is 0.761. The van der Waals surface area contributed by atoms with Crippen molar-refractivity contribution in [2.75, 3.05) is 5.32 Å². The molecule has 0 spiro atoms. The van der Waals surface area contributed by atoms with Crippen molar-refractivity contribution in [2.24, 2.45) is 0 Å². The van der Waals surface area contributed by atoms with Gasteiger partial charge in [0.05, 0.1) is 16.3 Å². The molecule has 0 atom stereocenters. The predicted octanol–water partition coefficient (Wildman–Crippen LogP) is 5.25. The molecule has 0 fully saturated rings. The van der Waals surface area contributed by atoms with Crippen LogP contribution in [0.4, 0.5) is 27.6 Å². The van der Waals surface area contributed by atoms with Gasteiger partial charge >= 0.3 is 6.18 Å². The SMILES string of the molecule is Fc1ccc(F)c(CNc2c(Cl)cccc2C(F)(F)F)c1. The largest absolute Gasteiger partial charge is 0.418 e. The summed E-state index contributed by atoms with van der Waals surface area (Å²) in [5.41, 5.74) is -1.43. The van der Waals surface area contributed by atoms with Crippen LogP contribution in [0.1, 0.15) is 11.1 Å². The predicted molar refractivity (Wildman–Crippen MR) is 70.1 cm³/mol. The molecule has 0 saturated heterocycles. The van der Waals surface area contributed by atoms with E-state index in [1.165, 1.54) is 12.1 Å². The van der Waals surface area contributed by atoms with Crippen LogP contribution in [0, 0.1) is 11.6 Å². The minimum absolute atomic E-state index is 0.0944. The Labute approximate surface area is 122 Å². The fraction of sp³-hybridized carbons (Fsp3) is 0.143. The Bertz CT molecular complexity index is 654. The number of hydrogen-bond donors (Lipinski definition) is 1. The van der Waals surface area contributed by atoms with Crippen molar-refractivity contribution in [3.05, 3.63) is 64.2 Å². The van der Waals surface area contributed by atoms with E-state index in [0.29, 0.717) is 0 Å². The molecule has 0 unspecified atom stereocenters. The van der Waals surface area contributed by atoms with E-state index < -0.39 is 23.4 Å². The number of halogens is 6. The van der Waals surface area contributed by atoms with Crippen molar-refractivity contribution in [3.63, 3.8) is 0 Å². The number of nitrogens with one attached hydrogen (secondary N) is 1. The van der Waals surface area contributed by atoms with E-state index in [1.54, 1.807) is 0 Å². The van der Waals surface area contributed by atoms with Gasteiger partial charge in [0.2, 0.25) is 0 Å². The van der Waals surface area contributed by atoms with Crippen molar-refractivity contribution >= 4 is 17.3 Å². The summed E-state index contributed by atoms with van der Waals surface area (Å²) in [6.07, 6.45) is -4.60. The van der Waals surface area contributed by atoms with E-state index in [4.69, 9.17) is 11.6 Å². The fourth-order valence-corrected chi connectivity index (χ4v) is 2.04. The van der Waals surface area contributed by atoms with Gasteiger partial charge in [-0.15, -0.1) is 0 Å². The molecule has 112 valence electrons. The second kappa shape index (κ2) is 5.89. The molecule has 0 aliphatic heterocycles. The Kier molecular flexibility index (Phi) is 4.37. The maximum Gasteiger partial charge on any atom is 0.418 e. The molecule has 0 amide bonds. The molecule has 7 heteroatoms. The normalized spacial score (nSPS) is 11.5. The third-order valence-corrected chi connectivity index (χ3v) is 3.10. The number of rotatable bonds is 3. The second-order valence-electron chi connectivity index (χ2n) is 4.25. The molecule has 0 aromatic heterocycles. The minimum atomic E-state index is -4.60. The van der Waals surface area contributed by atoms with E-state index >= 15 is 0 Å². The average Bonchev–Trinajstić information content (AvgIpc) is 2.39. The first-order valence-electron chi connectivity index (χ1n) is 5.82. The lowest BCUT2D eigenvalue weighted by Gasteiger charge is -2.16. The van der Waals surface area contributed by atoms with Gasteiger partial charge in [0.25, 0.3) is 0 Å². The van der Waals surface area contributed by atoms with Gasteiger partial charge in [0.15, 0.2) is 0 Å². The van der Waals surface area contributed by atoms with E-state index in [9.17, 15) is 22.0 Å². The lowest BCUT2D eigenvalue weighted by atomic mass is 10.1. The third-order valence-electron chi connectivity index (χ3n) is 2.78. The molecule has 0 bridgehead atoms. The lowest BCUT2D eigenvalue weighted by molar-refractivity contribution is -0.136. The number of alkyl halides is 3. The van der Waals surface area contributed by atoms with Gasteiger partial charge in [-0.25, -0.2) is 8.78 Å². The van der Waals surface area contributed by atoms with Gasteiger partial charge in [-0.2, -0.15) is 13.2 Å². The first kappa shape index (κ1) is 15.6. The molecule has 0 aliphatic carbocycles. The van der Waals surface area contributed by atoms with Gasteiger partial charge in [-0.3, -0.25) is 0 Å². The van der Waals surface area contributed by atoms with Crippen LogP contribution in [-0.4, -0.2) is 0 Å². The topological polar surface area (TPSA) is 12.0 Å². The van der Waals surface area contributed by atoms with Gasteiger partial charge in [-0.05, 0) is 30.3 Å². The van der Waals surface area contributed by atoms with Crippen molar-refractivity contribution in [1.82, 2.24) is 0 Å². The second-order valence-corrected chi connectivity index (χ2v) is 4.66. The molecule has 21 heavy (non-hydrogen) atoms. The van der Waals surface area contributed by atoms with Crippen LogP contribution in [0.25, 0.3) is 0 Å². The number of benzene rings is 2. The molecular weight excluding hydrogens is 313 g/mol. The summed E-state index contributed by atoms with van der Waals surface area (Å²) in [6, 6.07) is 6.04. The molecule has 0 aliphatic rings. The van der Waals surface area contributed by atoms with Crippen LogP contribution in [-0.2, 0) is 12.7 Å². The highest BCUT2D eigenvalue weighted by Crippen LogP contribution is 2.38. The van der Waals surface area contributed by atoms with Crippen LogP contribution in [0.15, 0.2) is 36.4 Å². The standard InChI is InChI=1S/C14H9ClF5N/c15-11-3-1-2-10(14(18,19)20)13(11)21-7-8-6-9(16)4-5-12(8)17/h1-6,21H,7H2. The molecule has 2 rings (SSSR count). The number of anilines is 1. The van der Waals surface area contributed by atoms with Crippen LogP contribution < -0.4 is 5.32 Å². The first-order chi connectivity index (χ1) is 9.79. The van der Waals surface area contributed by atoms with Crippen LogP contribution in [0.2, 0.25) is 5.02 Å². The van der Waals surface area contributed by atoms with E-state index in [2.05, 4.69) is 5.32 Å². The molecule has 0 heterocycles. The zero-order valence-corrected chi connectivity index (χ0v) is 11.2. The monoisotopic (exact) mass is 321 g/mol. The maximum absolute atomic E-state index is 13.4. The summed E-state index contributed by atoms with van der Waals surface area (Å²) in [7, 11) is 0. The summed E-state index contributed by atoms with van der Waals surface area (Å²) >= 11 is 5.74. The van der Waals surface area contributed by atoms with Crippen LogP contribution in [0.3, 0.4) is 0 Å². The molecular formula is C14H9ClF5N. The summed E-state index contributed by atoms with van der Waals surface area (Å²) in [5, 5.41) is 2.26. The Morgan fingerprint density at radius 2 is 1.76 bits per heavy atom. The number of para-hydroxylation sites is 1. The third kappa shape index (κ3) is 3.64.